The van der Waals surface area contributed by atoms with Crippen molar-refractivity contribution in [2.75, 3.05) is 33.2 Å². The molecule has 3 rings (SSSR count). The molecule has 0 aromatic carbocycles. The molecular formula is C18H24N4O5S. The van der Waals surface area contributed by atoms with Crippen LogP contribution in [0.1, 0.15) is 26.5 Å². The van der Waals surface area contributed by atoms with E-state index in [9.17, 15) is 18.0 Å². The maximum absolute atomic E-state index is 13.0. The van der Waals surface area contributed by atoms with Crippen LogP contribution in [0.2, 0.25) is 0 Å². The minimum absolute atomic E-state index is 0.00278. The van der Waals surface area contributed by atoms with Crippen LogP contribution < -0.4 is 0 Å². The Morgan fingerprint density at radius 3 is 2.25 bits per heavy atom. The molecule has 1 aromatic heterocycles. The van der Waals surface area contributed by atoms with Gasteiger partial charge in [-0.05, 0) is 18.2 Å². The molecule has 3 heterocycles. The lowest BCUT2D eigenvalue weighted by molar-refractivity contribution is -0.144. The monoisotopic (exact) mass is 408 g/mol. The van der Waals surface area contributed by atoms with Gasteiger partial charge in [0.15, 0.2) is 5.76 Å². The van der Waals surface area contributed by atoms with Gasteiger partial charge in [-0.15, -0.1) is 4.40 Å². The molecule has 0 N–H and O–H groups in total. The number of rotatable bonds is 2. The van der Waals surface area contributed by atoms with Crippen LogP contribution >= 0.6 is 0 Å². The number of carbonyl (C=O) groups excluding carboxylic acids is 2. The molecule has 0 aliphatic carbocycles. The van der Waals surface area contributed by atoms with Crippen LogP contribution in [0, 0.1) is 5.41 Å². The van der Waals surface area contributed by atoms with Gasteiger partial charge < -0.3 is 14.2 Å². The van der Waals surface area contributed by atoms with Gasteiger partial charge in [-0.1, -0.05) is 20.8 Å². The van der Waals surface area contributed by atoms with E-state index >= 15 is 0 Å². The van der Waals surface area contributed by atoms with Crippen LogP contribution in [0.4, 0.5) is 0 Å². The molecule has 2 amide bonds. The third kappa shape index (κ3) is 3.82. The van der Waals surface area contributed by atoms with Crippen molar-refractivity contribution in [3.8, 4) is 0 Å². The third-order valence-corrected chi connectivity index (χ3v) is 5.98. The molecule has 1 fully saturated rings. The largest absolute Gasteiger partial charge is 0.463 e. The van der Waals surface area contributed by atoms with Crippen LogP contribution in [-0.2, 0) is 19.8 Å². The van der Waals surface area contributed by atoms with Crippen LogP contribution in [0.5, 0.6) is 0 Å². The van der Waals surface area contributed by atoms with E-state index in [1.54, 1.807) is 21.9 Å². The Morgan fingerprint density at radius 2 is 1.71 bits per heavy atom. The minimum atomic E-state index is -4.03. The van der Waals surface area contributed by atoms with Crippen molar-refractivity contribution in [2.24, 2.45) is 9.81 Å². The van der Waals surface area contributed by atoms with E-state index in [0.717, 1.165) is 4.31 Å². The van der Waals surface area contributed by atoms with E-state index in [1.165, 1.54) is 19.4 Å². The van der Waals surface area contributed by atoms with Gasteiger partial charge in [0, 0.05) is 38.6 Å². The average molecular weight is 408 g/mol. The number of nitrogens with zero attached hydrogens (tertiary/aromatic N) is 4. The van der Waals surface area contributed by atoms with Crippen molar-refractivity contribution < 1.29 is 22.4 Å². The number of hydrogen-bond donors (Lipinski definition) is 0. The molecule has 2 aliphatic heterocycles. The van der Waals surface area contributed by atoms with Crippen LogP contribution in [0.3, 0.4) is 0 Å². The molecule has 152 valence electrons. The van der Waals surface area contributed by atoms with Gasteiger partial charge in [0.1, 0.15) is 11.4 Å². The first-order valence-electron chi connectivity index (χ1n) is 8.94. The molecule has 0 saturated carbocycles. The van der Waals surface area contributed by atoms with E-state index < -0.39 is 21.5 Å². The van der Waals surface area contributed by atoms with Crippen LogP contribution in [0.15, 0.2) is 39.0 Å². The molecule has 2 aliphatic rings. The molecule has 10 heteroatoms. The summed E-state index contributed by atoms with van der Waals surface area (Å²) >= 11 is 0. The first-order valence-corrected chi connectivity index (χ1v) is 10.3. The van der Waals surface area contributed by atoms with E-state index in [-0.39, 0.29) is 23.1 Å². The number of amides is 2. The summed E-state index contributed by atoms with van der Waals surface area (Å²) in [6.45, 7) is 7.05. The van der Waals surface area contributed by atoms with Gasteiger partial charge in [0.25, 0.3) is 5.91 Å². The normalized spacial score (nSPS) is 19.9. The Kier molecular flexibility index (Phi) is 5.09. The first kappa shape index (κ1) is 20.1. The van der Waals surface area contributed by atoms with Gasteiger partial charge in [-0.25, -0.2) is 4.31 Å². The van der Waals surface area contributed by atoms with Gasteiger partial charge in [-0.3, -0.25) is 9.59 Å². The quantitative estimate of drug-likeness (QED) is 0.722. The highest BCUT2D eigenvalue weighted by molar-refractivity contribution is 7.88. The Morgan fingerprint density at radius 1 is 1.11 bits per heavy atom. The lowest BCUT2D eigenvalue weighted by atomic mass is 9.94. The standard InChI is InChI=1S/C18H24N4O5S/c1-18(2,3)17(24)22-9-7-21(8-10-22)16(23)14-12-13(15-6-5-11-27-15)19-28(25,26)20(14)4/h5-6,11-12H,7-10H2,1-4H3. The Hall–Kier alpha value is -2.62. The summed E-state index contributed by atoms with van der Waals surface area (Å²) in [5, 5.41) is 0. The van der Waals surface area contributed by atoms with Crippen LogP contribution in [-0.4, -0.2) is 73.3 Å². The first-order chi connectivity index (χ1) is 13.0. The fraction of sp³-hybridized carbons (Fsp3) is 0.500. The number of hydrogen-bond acceptors (Lipinski definition) is 5. The number of furan rings is 1. The lowest BCUT2D eigenvalue weighted by Gasteiger charge is -2.38. The van der Waals surface area contributed by atoms with E-state index in [2.05, 4.69) is 4.40 Å². The van der Waals surface area contributed by atoms with Crippen molar-refractivity contribution >= 4 is 27.7 Å². The molecule has 1 saturated heterocycles. The molecule has 0 bridgehead atoms. The van der Waals surface area contributed by atoms with Crippen LogP contribution in [0.25, 0.3) is 0 Å². The van der Waals surface area contributed by atoms with Crippen molar-refractivity contribution in [3.05, 3.63) is 35.9 Å². The van der Waals surface area contributed by atoms with Crippen molar-refractivity contribution in [1.82, 2.24) is 14.1 Å². The summed E-state index contributed by atoms with van der Waals surface area (Å²) in [6, 6.07) is 3.19. The van der Waals surface area contributed by atoms with Gasteiger partial charge >= 0.3 is 10.2 Å². The number of piperazine rings is 1. The van der Waals surface area contributed by atoms with Gasteiger partial charge in [0.2, 0.25) is 5.91 Å². The molecule has 0 spiro atoms. The van der Waals surface area contributed by atoms with Gasteiger partial charge in [-0.2, -0.15) is 8.42 Å². The second kappa shape index (κ2) is 7.08. The molecule has 0 atom stereocenters. The molecule has 1 aromatic rings. The number of carbonyl (C=O) groups is 2. The van der Waals surface area contributed by atoms with Crippen molar-refractivity contribution in [3.63, 3.8) is 0 Å². The fourth-order valence-electron chi connectivity index (χ4n) is 3.04. The molecule has 28 heavy (non-hydrogen) atoms. The zero-order valence-electron chi connectivity index (χ0n) is 16.4. The zero-order valence-corrected chi connectivity index (χ0v) is 17.2. The third-order valence-electron chi connectivity index (χ3n) is 4.66. The highest BCUT2D eigenvalue weighted by Gasteiger charge is 2.35. The van der Waals surface area contributed by atoms with E-state index in [1.807, 2.05) is 20.8 Å². The minimum Gasteiger partial charge on any atom is -0.463 e. The summed E-state index contributed by atoms with van der Waals surface area (Å²) in [6.07, 6.45) is 2.82. The summed E-state index contributed by atoms with van der Waals surface area (Å²) in [5.41, 5.74) is -0.411. The molecule has 0 unspecified atom stereocenters. The summed E-state index contributed by atoms with van der Waals surface area (Å²) in [5.74, 6) is -0.126. The fourth-order valence-corrected chi connectivity index (χ4v) is 3.94. The topological polar surface area (TPSA) is 104 Å². The number of allylic oxidation sites excluding steroid dienone is 1. The Bertz CT molecular complexity index is 933. The smallest absolute Gasteiger partial charge is 0.345 e. The highest BCUT2D eigenvalue weighted by Crippen LogP contribution is 2.23. The van der Waals surface area contributed by atoms with E-state index in [0.29, 0.717) is 26.2 Å². The summed E-state index contributed by atoms with van der Waals surface area (Å²) in [7, 11) is -2.74. The predicted octanol–water partition coefficient (Wildman–Crippen LogP) is 0.860. The van der Waals surface area contributed by atoms with Gasteiger partial charge in [0.05, 0.1) is 6.26 Å². The second-order valence-corrected chi connectivity index (χ2v) is 9.39. The highest BCUT2D eigenvalue weighted by atomic mass is 32.2. The molecule has 9 nitrogen and oxygen atoms in total. The Labute approximate surface area is 164 Å². The Balaban J connectivity index is 1.79. The molecular weight excluding hydrogens is 384 g/mol. The zero-order chi connectivity index (χ0) is 20.7. The van der Waals surface area contributed by atoms with E-state index in [4.69, 9.17) is 4.42 Å². The van der Waals surface area contributed by atoms with Crippen molar-refractivity contribution in [1.29, 1.82) is 0 Å². The average Bonchev–Trinajstić information content (AvgIpc) is 3.16. The molecule has 0 radical (unpaired) electrons. The predicted molar refractivity (Wildman–Crippen MR) is 103 cm³/mol. The lowest BCUT2D eigenvalue weighted by Crippen LogP contribution is -2.54. The summed E-state index contributed by atoms with van der Waals surface area (Å²) < 4.78 is 34.5. The SMILES string of the molecule is CN1C(C(=O)N2CCN(C(=O)C(C)(C)C)CC2)=CC(c2ccco2)=NS1(=O)=O. The summed E-state index contributed by atoms with van der Waals surface area (Å²) in [4.78, 5) is 28.7. The van der Waals surface area contributed by atoms with Crippen molar-refractivity contribution in [2.45, 2.75) is 20.8 Å². The second-order valence-electron chi connectivity index (χ2n) is 7.76. The maximum atomic E-state index is 13.0. The maximum Gasteiger partial charge on any atom is 0.345 e. The number of likely N-dealkylation sites (N-methyl/N-ethyl adjacent to an activating group) is 1.